The van der Waals surface area contributed by atoms with Crippen molar-refractivity contribution in [3.8, 4) is 0 Å². The molecule has 19 heavy (non-hydrogen) atoms. The van der Waals surface area contributed by atoms with Gasteiger partial charge in [0.05, 0.1) is 24.9 Å². The zero-order valence-electron chi connectivity index (χ0n) is 11.3. The predicted octanol–water partition coefficient (Wildman–Crippen LogP) is 3.10. The summed E-state index contributed by atoms with van der Waals surface area (Å²) in [6.07, 6.45) is 10.5. The van der Waals surface area contributed by atoms with E-state index in [-0.39, 0.29) is 0 Å². The van der Waals surface area contributed by atoms with E-state index < -0.39 is 0 Å². The fraction of sp³-hybridized carbons (Fsp3) is 0.786. The summed E-state index contributed by atoms with van der Waals surface area (Å²) in [5.74, 6) is 1.04. The Kier molecular flexibility index (Phi) is 4.56. The van der Waals surface area contributed by atoms with Gasteiger partial charge in [-0.25, -0.2) is 4.98 Å². The van der Waals surface area contributed by atoms with Gasteiger partial charge < -0.3 is 9.72 Å². The molecule has 0 aromatic carbocycles. The SMILES string of the molecule is Brc1cnc(CN2CCC(OC3CCCC3)CC2)[nH]1. The first-order chi connectivity index (χ1) is 9.29. The minimum absolute atomic E-state index is 0.489. The molecule has 106 valence electrons. The summed E-state index contributed by atoms with van der Waals surface area (Å²) >= 11 is 3.40. The van der Waals surface area contributed by atoms with Crippen LogP contribution in [-0.4, -0.2) is 40.2 Å². The van der Waals surface area contributed by atoms with Crippen molar-refractivity contribution in [2.24, 2.45) is 0 Å². The number of nitrogens with one attached hydrogen (secondary N) is 1. The molecule has 2 heterocycles. The summed E-state index contributed by atoms with van der Waals surface area (Å²) in [4.78, 5) is 10.0. The third-order valence-electron chi connectivity index (χ3n) is 4.19. The standard InChI is InChI=1S/C14H22BrN3O/c15-13-9-16-14(17-13)10-18-7-5-12(6-8-18)19-11-3-1-2-4-11/h9,11-12H,1-8,10H2,(H,16,17). The van der Waals surface area contributed by atoms with Crippen molar-refractivity contribution in [1.29, 1.82) is 0 Å². The zero-order valence-corrected chi connectivity index (χ0v) is 12.9. The molecule has 1 aromatic heterocycles. The van der Waals surface area contributed by atoms with E-state index >= 15 is 0 Å². The number of likely N-dealkylation sites (tertiary alicyclic amines) is 1. The topological polar surface area (TPSA) is 41.2 Å². The minimum Gasteiger partial charge on any atom is -0.375 e. The summed E-state index contributed by atoms with van der Waals surface area (Å²) in [5, 5.41) is 0. The van der Waals surface area contributed by atoms with Crippen LogP contribution in [0.5, 0.6) is 0 Å². The van der Waals surface area contributed by atoms with Crippen molar-refractivity contribution in [2.75, 3.05) is 13.1 Å². The Balaban J connectivity index is 1.41. The minimum atomic E-state index is 0.489. The van der Waals surface area contributed by atoms with Crippen molar-refractivity contribution in [1.82, 2.24) is 14.9 Å². The maximum absolute atomic E-state index is 6.20. The van der Waals surface area contributed by atoms with Crippen LogP contribution in [0.25, 0.3) is 0 Å². The van der Waals surface area contributed by atoms with Gasteiger partial charge in [-0.05, 0) is 41.6 Å². The Morgan fingerprint density at radius 3 is 2.53 bits per heavy atom. The van der Waals surface area contributed by atoms with Crippen LogP contribution in [0, 0.1) is 0 Å². The number of imidazole rings is 1. The number of nitrogens with zero attached hydrogens (tertiary/aromatic N) is 2. The highest BCUT2D eigenvalue weighted by Crippen LogP contribution is 2.25. The van der Waals surface area contributed by atoms with Crippen LogP contribution in [0.3, 0.4) is 0 Å². The lowest BCUT2D eigenvalue weighted by molar-refractivity contribution is -0.0402. The number of halogens is 1. The summed E-state index contributed by atoms with van der Waals surface area (Å²) in [6, 6.07) is 0. The molecule has 3 rings (SSSR count). The lowest BCUT2D eigenvalue weighted by atomic mass is 10.1. The molecule has 1 saturated heterocycles. The van der Waals surface area contributed by atoms with Crippen LogP contribution in [0.15, 0.2) is 10.8 Å². The number of rotatable bonds is 4. The van der Waals surface area contributed by atoms with Gasteiger partial charge in [-0.3, -0.25) is 4.90 Å². The van der Waals surface area contributed by atoms with Gasteiger partial charge in [0, 0.05) is 13.1 Å². The summed E-state index contributed by atoms with van der Waals surface area (Å²) in [7, 11) is 0. The Bertz CT molecular complexity index is 395. The molecule has 0 spiro atoms. The van der Waals surface area contributed by atoms with Crippen LogP contribution in [0.2, 0.25) is 0 Å². The first-order valence-corrected chi connectivity index (χ1v) is 8.16. The molecule has 1 aliphatic heterocycles. The Morgan fingerprint density at radius 2 is 1.89 bits per heavy atom. The second-order valence-corrected chi connectivity index (χ2v) is 6.55. The van der Waals surface area contributed by atoms with E-state index in [0.717, 1.165) is 30.1 Å². The molecule has 4 nitrogen and oxygen atoms in total. The summed E-state index contributed by atoms with van der Waals surface area (Å²) < 4.78 is 7.16. The van der Waals surface area contributed by atoms with Gasteiger partial charge >= 0.3 is 0 Å². The largest absolute Gasteiger partial charge is 0.375 e. The molecule has 1 N–H and O–H groups in total. The van der Waals surface area contributed by atoms with Crippen molar-refractivity contribution in [2.45, 2.75) is 57.3 Å². The number of piperidine rings is 1. The zero-order chi connectivity index (χ0) is 13.1. The quantitative estimate of drug-likeness (QED) is 0.923. The highest BCUT2D eigenvalue weighted by Gasteiger charge is 2.24. The second-order valence-electron chi connectivity index (χ2n) is 5.70. The molecule has 5 heteroatoms. The van der Waals surface area contributed by atoms with Crippen molar-refractivity contribution < 1.29 is 4.74 Å². The maximum atomic E-state index is 6.20. The summed E-state index contributed by atoms with van der Waals surface area (Å²) in [5.41, 5.74) is 0. The Labute approximate surface area is 123 Å². The average molecular weight is 328 g/mol. The third-order valence-corrected chi connectivity index (χ3v) is 4.60. The number of hydrogen-bond acceptors (Lipinski definition) is 3. The van der Waals surface area contributed by atoms with Crippen LogP contribution < -0.4 is 0 Å². The number of aromatic nitrogens is 2. The van der Waals surface area contributed by atoms with Gasteiger partial charge in [0.1, 0.15) is 10.4 Å². The van der Waals surface area contributed by atoms with Gasteiger partial charge in [0.15, 0.2) is 0 Å². The number of aromatic amines is 1. The Hall–Kier alpha value is -0.390. The number of ether oxygens (including phenoxy) is 1. The van der Waals surface area contributed by atoms with Gasteiger partial charge in [-0.2, -0.15) is 0 Å². The first-order valence-electron chi connectivity index (χ1n) is 7.37. The molecule has 1 saturated carbocycles. The van der Waals surface area contributed by atoms with Crippen LogP contribution >= 0.6 is 15.9 Å². The predicted molar refractivity (Wildman–Crippen MR) is 77.9 cm³/mol. The molecule has 2 aliphatic rings. The maximum Gasteiger partial charge on any atom is 0.121 e. The van der Waals surface area contributed by atoms with Crippen LogP contribution in [0.4, 0.5) is 0 Å². The van der Waals surface area contributed by atoms with Crippen LogP contribution in [-0.2, 0) is 11.3 Å². The fourth-order valence-corrected chi connectivity index (χ4v) is 3.46. The number of H-pyrrole nitrogens is 1. The number of hydrogen-bond donors (Lipinski definition) is 1. The van der Waals surface area contributed by atoms with E-state index in [1.807, 2.05) is 6.20 Å². The summed E-state index contributed by atoms with van der Waals surface area (Å²) in [6.45, 7) is 3.16. The van der Waals surface area contributed by atoms with Gasteiger partial charge in [-0.15, -0.1) is 0 Å². The highest BCUT2D eigenvalue weighted by molar-refractivity contribution is 9.10. The van der Waals surface area contributed by atoms with Gasteiger partial charge in [-0.1, -0.05) is 12.8 Å². The molecular weight excluding hydrogens is 306 g/mol. The average Bonchev–Trinajstić information content (AvgIpc) is 3.04. The normalized spacial score (nSPS) is 23.2. The van der Waals surface area contributed by atoms with E-state index in [0.29, 0.717) is 12.2 Å². The van der Waals surface area contributed by atoms with Gasteiger partial charge in [0.25, 0.3) is 0 Å². The molecule has 1 aliphatic carbocycles. The van der Waals surface area contributed by atoms with Crippen molar-refractivity contribution in [3.05, 3.63) is 16.6 Å². The monoisotopic (exact) mass is 327 g/mol. The molecule has 0 atom stereocenters. The van der Waals surface area contributed by atoms with Crippen molar-refractivity contribution in [3.63, 3.8) is 0 Å². The van der Waals surface area contributed by atoms with Crippen molar-refractivity contribution >= 4 is 15.9 Å². The third kappa shape index (κ3) is 3.80. The van der Waals surface area contributed by atoms with E-state index in [2.05, 4.69) is 30.8 Å². The van der Waals surface area contributed by atoms with E-state index in [1.165, 1.54) is 38.5 Å². The van der Waals surface area contributed by atoms with E-state index in [9.17, 15) is 0 Å². The lowest BCUT2D eigenvalue weighted by Crippen LogP contribution is -2.38. The lowest BCUT2D eigenvalue weighted by Gasteiger charge is -2.32. The molecule has 0 bridgehead atoms. The van der Waals surface area contributed by atoms with Crippen LogP contribution in [0.1, 0.15) is 44.3 Å². The fourth-order valence-electron chi connectivity index (χ4n) is 3.13. The first kappa shape index (κ1) is 13.6. The highest BCUT2D eigenvalue weighted by atomic mass is 79.9. The Morgan fingerprint density at radius 1 is 1.21 bits per heavy atom. The molecule has 2 fully saturated rings. The molecule has 0 radical (unpaired) electrons. The smallest absolute Gasteiger partial charge is 0.121 e. The molecule has 1 aromatic rings. The van der Waals surface area contributed by atoms with E-state index in [1.54, 1.807) is 0 Å². The van der Waals surface area contributed by atoms with E-state index in [4.69, 9.17) is 4.74 Å². The molecular formula is C14H22BrN3O. The second kappa shape index (κ2) is 6.37. The molecule has 0 unspecified atom stereocenters. The van der Waals surface area contributed by atoms with Gasteiger partial charge in [0.2, 0.25) is 0 Å². The molecule has 0 amide bonds.